The van der Waals surface area contributed by atoms with Crippen molar-refractivity contribution in [3.05, 3.63) is 22.8 Å². The van der Waals surface area contributed by atoms with Crippen molar-refractivity contribution in [3.8, 4) is 0 Å². The van der Waals surface area contributed by atoms with E-state index in [0.29, 0.717) is 35.0 Å². The third kappa shape index (κ3) is 3.08. The van der Waals surface area contributed by atoms with Crippen molar-refractivity contribution in [3.63, 3.8) is 0 Å². The Bertz CT molecular complexity index is 712. The van der Waals surface area contributed by atoms with Crippen LogP contribution < -0.4 is 10.0 Å². The summed E-state index contributed by atoms with van der Waals surface area (Å²) in [4.78, 5) is 0.184. The molecule has 2 rings (SSSR count). The fraction of sp³-hybridized carbons (Fsp3) is 0.500. The lowest BCUT2D eigenvalue weighted by atomic mass is 10.3. The Morgan fingerprint density at radius 2 is 1.76 bits per heavy atom. The molecule has 0 radical (unpaired) electrons. The van der Waals surface area contributed by atoms with Crippen molar-refractivity contribution >= 4 is 15.7 Å². The Kier molecular flexibility index (Phi) is 4.33. The SMILES string of the molecule is CCNCc1n[nH]c(C)c1S(=O)(=O)Nc1c(C)n[nH]c1C. The number of H-pyrrole nitrogens is 2. The fourth-order valence-corrected chi connectivity index (χ4v) is 3.62. The van der Waals surface area contributed by atoms with Gasteiger partial charge in [0.1, 0.15) is 4.90 Å². The molecule has 0 aliphatic heterocycles. The molecule has 2 heterocycles. The van der Waals surface area contributed by atoms with E-state index in [9.17, 15) is 8.42 Å². The maximum atomic E-state index is 12.6. The van der Waals surface area contributed by atoms with Crippen molar-refractivity contribution in [2.24, 2.45) is 0 Å². The van der Waals surface area contributed by atoms with Gasteiger partial charge < -0.3 is 5.32 Å². The highest BCUT2D eigenvalue weighted by Gasteiger charge is 2.25. The highest BCUT2D eigenvalue weighted by Crippen LogP contribution is 2.24. The Hall–Kier alpha value is -1.87. The summed E-state index contributed by atoms with van der Waals surface area (Å²) < 4.78 is 27.8. The van der Waals surface area contributed by atoms with Crippen LogP contribution in [0, 0.1) is 20.8 Å². The Labute approximate surface area is 123 Å². The number of hydrogen-bond donors (Lipinski definition) is 4. The van der Waals surface area contributed by atoms with Gasteiger partial charge in [-0.05, 0) is 27.3 Å². The number of sulfonamides is 1. The molecule has 0 fully saturated rings. The number of aryl methyl sites for hydroxylation is 3. The molecule has 0 saturated heterocycles. The molecule has 0 aliphatic rings. The lowest BCUT2D eigenvalue weighted by Crippen LogP contribution is -2.19. The van der Waals surface area contributed by atoms with E-state index >= 15 is 0 Å². The molecule has 116 valence electrons. The number of rotatable bonds is 6. The topological polar surface area (TPSA) is 116 Å². The predicted molar refractivity (Wildman–Crippen MR) is 79.6 cm³/mol. The van der Waals surface area contributed by atoms with Crippen LogP contribution in [0.2, 0.25) is 0 Å². The summed E-state index contributed by atoms with van der Waals surface area (Å²) in [6, 6.07) is 0. The summed E-state index contributed by atoms with van der Waals surface area (Å²) in [6.07, 6.45) is 0. The van der Waals surface area contributed by atoms with Crippen LogP contribution in [0.4, 0.5) is 5.69 Å². The standard InChI is InChI=1S/C12H20N6O2S/c1-5-13-6-10-12(9(4)16-17-10)21(19,20)18-11-7(2)14-15-8(11)3/h13,18H,5-6H2,1-4H3,(H,14,15)(H,16,17). The molecule has 0 aromatic carbocycles. The van der Waals surface area contributed by atoms with Gasteiger partial charge >= 0.3 is 0 Å². The number of aromatic amines is 2. The second-order valence-electron chi connectivity index (χ2n) is 4.82. The molecular formula is C12H20N6O2S. The van der Waals surface area contributed by atoms with Crippen molar-refractivity contribution in [2.75, 3.05) is 11.3 Å². The zero-order valence-electron chi connectivity index (χ0n) is 12.5. The van der Waals surface area contributed by atoms with Gasteiger partial charge in [0.15, 0.2) is 0 Å². The zero-order valence-corrected chi connectivity index (χ0v) is 13.3. The lowest BCUT2D eigenvalue weighted by Gasteiger charge is -2.09. The number of aromatic nitrogens is 4. The van der Waals surface area contributed by atoms with Crippen LogP contribution in [-0.2, 0) is 16.6 Å². The second kappa shape index (κ2) is 5.86. The van der Waals surface area contributed by atoms with E-state index in [0.717, 1.165) is 6.54 Å². The summed E-state index contributed by atoms with van der Waals surface area (Å²) >= 11 is 0. The number of hydrogen-bond acceptors (Lipinski definition) is 5. The van der Waals surface area contributed by atoms with Gasteiger partial charge in [0.2, 0.25) is 0 Å². The van der Waals surface area contributed by atoms with E-state index in [1.54, 1.807) is 20.8 Å². The van der Waals surface area contributed by atoms with Gasteiger partial charge in [-0.15, -0.1) is 0 Å². The van der Waals surface area contributed by atoms with Crippen LogP contribution in [0.1, 0.15) is 29.7 Å². The average molecular weight is 312 g/mol. The summed E-state index contributed by atoms with van der Waals surface area (Å²) in [5, 5.41) is 16.6. The first kappa shape index (κ1) is 15.5. The first-order chi connectivity index (χ1) is 9.86. The van der Waals surface area contributed by atoms with E-state index in [1.807, 2.05) is 6.92 Å². The maximum absolute atomic E-state index is 12.6. The monoisotopic (exact) mass is 312 g/mol. The third-order valence-corrected chi connectivity index (χ3v) is 4.69. The molecule has 9 heteroatoms. The molecule has 0 spiro atoms. The van der Waals surface area contributed by atoms with Crippen molar-refractivity contribution < 1.29 is 8.42 Å². The molecule has 8 nitrogen and oxygen atoms in total. The van der Waals surface area contributed by atoms with E-state index in [-0.39, 0.29) is 4.90 Å². The van der Waals surface area contributed by atoms with Gasteiger partial charge in [0.05, 0.1) is 28.5 Å². The minimum atomic E-state index is -3.72. The van der Waals surface area contributed by atoms with E-state index in [4.69, 9.17) is 0 Å². The van der Waals surface area contributed by atoms with Crippen molar-refractivity contribution in [1.29, 1.82) is 0 Å². The predicted octanol–water partition coefficient (Wildman–Crippen LogP) is 0.968. The summed E-state index contributed by atoms with van der Waals surface area (Å²) in [6.45, 7) is 8.26. The molecule has 2 aromatic rings. The molecule has 2 aromatic heterocycles. The van der Waals surface area contributed by atoms with Gasteiger partial charge in [-0.3, -0.25) is 14.9 Å². The number of nitrogens with one attached hydrogen (secondary N) is 4. The molecule has 0 saturated carbocycles. The smallest absolute Gasteiger partial charge is 0.265 e. The average Bonchev–Trinajstić information content (AvgIpc) is 2.94. The normalized spacial score (nSPS) is 11.8. The fourth-order valence-electron chi connectivity index (χ4n) is 2.08. The molecule has 0 amide bonds. The first-order valence-corrected chi connectivity index (χ1v) is 8.14. The molecule has 4 N–H and O–H groups in total. The van der Waals surface area contributed by atoms with E-state index in [2.05, 4.69) is 30.4 Å². The molecule has 21 heavy (non-hydrogen) atoms. The highest BCUT2D eigenvalue weighted by atomic mass is 32.2. The van der Waals surface area contributed by atoms with Crippen LogP contribution >= 0.6 is 0 Å². The summed E-state index contributed by atoms with van der Waals surface area (Å²) in [7, 11) is -3.72. The minimum absolute atomic E-state index is 0.184. The first-order valence-electron chi connectivity index (χ1n) is 6.65. The maximum Gasteiger partial charge on any atom is 0.265 e. The van der Waals surface area contributed by atoms with Gasteiger partial charge in [0.25, 0.3) is 10.0 Å². The molecule has 0 bridgehead atoms. The summed E-state index contributed by atoms with van der Waals surface area (Å²) in [5.41, 5.74) is 2.73. The van der Waals surface area contributed by atoms with Crippen molar-refractivity contribution in [2.45, 2.75) is 39.1 Å². The second-order valence-corrected chi connectivity index (χ2v) is 6.44. The van der Waals surface area contributed by atoms with Crippen LogP contribution in [0.3, 0.4) is 0 Å². The Morgan fingerprint density at radius 1 is 1.10 bits per heavy atom. The Morgan fingerprint density at radius 3 is 2.33 bits per heavy atom. The summed E-state index contributed by atoms with van der Waals surface area (Å²) in [5.74, 6) is 0. The number of nitrogens with zero attached hydrogens (tertiary/aromatic N) is 2. The third-order valence-electron chi connectivity index (χ3n) is 3.14. The van der Waals surface area contributed by atoms with E-state index in [1.165, 1.54) is 0 Å². The van der Waals surface area contributed by atoms with Gasteiger partial charge in [-0.1, -0.05) is 6.92 Å². The van der Waals surface area contributed by atoms with Gasteiger partial charge in [0, 0.05) is 6.54 Å². The van der Waals surface area contributed by atoms with Crippen LogP contribution in [0.15, 0.2) is 4.90 Å². The quantitative estimate of drug-likeness (QED) is 0.634. The molecular weight excluding hydrogens is 292 g/mol. The van der Waals surface area contributed by atoms with E-state index < -0.39 is 10.0 Å². The zero-order chi connectivity index (χ0) is 15.6. The minimum Gasteiger partial charge on any atom is -0.311 e. The Balaban J connectivity index is 2.38. The van der Waals surface area contributed by atoms with Crippen molar-refractivity contribution in [1.82, 2.24) is 25.7 Å². The van der Waals surface area contributed by atoms with Crippen LogP contribution in [-0.4, -0.2) is 35.4 Å². The highest BCUT2D eigenvalue weighted by molar-refractivity contribution is 7.92. The molecule has 0 aliphatic carbocycles. The lowest BCUT2D eigenvalue weighted by molar-refractivity contribution is 0.597. The molecule has 0 unspecified atom stereocenters. The van der Waals surface area contributed by atoms with Crippen LogP contribution in [0.25, 0.3) is 0 Å². The van der Waals surface area contributed by atoms with Gasteiger partial charge in [-0.25, -0.2) is 8.42 Å². The molecule has 0 atom stereocenters. The van der Waals surface area contributed by atoms with Gasteiger partial charge in [-0.2, -0.15) is 10.2 Å². The number of anilines is 1. The van der Waals surface area contributed by atoms with Crippen LogP contribution in [0.5, 0.6) is 0 Å². The largest absolute Gasteiger partial charge is 0.311 e.